The smallest absolute Gasteiger partial charge is 0.407 e. The van der Waals surface area contributed by atoms with Crippen LogP contribution < -0.4 is 10.6 Å². The molecule has 0 aliphatic heterocycles. The van der Waals surface area contributed by atoms with Crippen molar-refractivity contribution < 1.29 is 29.0 Å². The maximum atomic E-state index is 12.3. The Kier molecular flexibility index (Phi) is 10.1. The van der Waals surface area contributed by atoms with Gasteiger partial charge in [0.1, 0.15) is 13.2 Å². The standard InChI is InChI=1S/C27H34N2O6/c1-2-19(11-12-25(30)28-15-16-34-18-26(31)32)13-14-29-27(33)35-17-24-22-9-5-3-7-20(22)21-8-4-6-10-23(21)24/h3-10,19,24H,2,11-18H2,1H3,(H,28,30)(H,29,33)(H,31,32). The number of carboxylic acid groups (broad SMARTS) is 1. The van der Waals surface area contributed by atoms with Crippen molar-refractivity contribution in [2.24, 2.45) is 5.92 Å². The topological polar surface area (TPSA) is 114 Å². The minimum absolute atomic E-state index is 0.0320. The summed E-state index contributed by atoms with van der Waals surface area (Å²) >= 11 is 0. The molecule has 1 unspecified atom stereocenters. The van der Waals surface area contributed by atoms with Gasteiger partial charge in [-0.2, -0.15) is 0 Å². The number of carboxylic acids is 1. The second kappa shape index (κ2) is 13.5. The van der Waals surface area contributed by atoms with Gasteiger partial charge in [-0.3, -0.25) is 4.79 Å². The Balaban J connectivity index is 1.34. The molecular formula is C27H34N2O6. The number of hydrogen-bond acceptors (Lipinski definition) is 5. The third-order valence-electron chi connectivity index (χ3n) is 6.32. The first-order valence-corrected chi connectivity index (χ1v) is 12.1. The van der Waals surface area contributed by atoms with Crippen molar-refractivity contribution in [1.29, 1.82) is 0 Å². The van der Waals surface area contributed by atoms with Gasteiger partial charge in [-0.15, -0.1) is 0 Å². The van der Waals surface area contributed by atoms with Crippen molar-refractivity contribution in [1.82, 2.24) is 10.6 Å². The quantitative estimate of drug-likeness (QED) is 0.352. The second-order valence-electron chi connectivity index (χ2n) is 8.65. The van der Waals surface area contributed by atoms with Crippen molar-refractivity contribution in [2.75, 3.05) is 32.9 Å². The molecule has 2 aromatic rings. The molecule has 8 nitrogen and oxygen atoms in total. The average Bonchev–Trinajstić information content (AvgIpc) is 3.18. The maximum Gasteiger partial charge on any atom is 0.407 e. The zero-order valence-corrected chi connectivity index (χ0v) is 20.1. The Bertz CT molecular complexity index is 963. The number of aliphatic carboxylic acids is 1. The molecule has 0 saturated heterocycles. The average molecular weight is 483 g/mol. The van der Waals surface area contributed by atoms with Gasteiger partial charge in [-0.1, -0.05) is 61.9 Å². The van der Waals surface area contributed by atoms with Crippen molar-refractivity contribution in [3.63, 3.8) is 0 Å². The molecule has 0 heterocycles. The highest BCUT2D eigenvalue weighted by Crippen LogP contribution is 2.44. The third-order valence-corrected chi connectivity index (χ3v) is 6.32. The minimum atomic E-state index is -1.03. The number of alkyl carbamates (subject to hydrolysis) is 1. The van der Waals surface area contributed by atoms with E-state index in [-0.39, 0.29) is 38.2 Å². The van der Waals surface area contributed by atoms with E-state index in [2.05, 4.69) is 41.8 Å². The van der Waals surface area contributed by atoms with Gasteiger partial charge in [0.2, 0.25) is 5.91 Å². The summed E-state index contributed by atoms with van der Waals surface area (Å²) in [6, 6.07) is 16.5. The van der Waals surface area contributed by atoms with E-state index in [4.69, 9.17) is 14.6 Å². The largest absolute Gasteiger partial charge is 0.480 e. The summed E-state index contributed by atoms with van der Waals surface area (Å²) in [6.45, 7) is 2.92. The summed E-state index contributed by atoms with van der Waals surface area (Å²) < 4.78 is 10.5. The van der Waals surface area contributed by atoms with Gasteiger partial charge >= 0.3 is 12.1 Å². The molecule has 188 valence electrons. The Morgan fingerprint density at radius 2 is 1.60 bits per heavy atom. The highest BCUT2D eigenvalue weighted by atomic mass is 16.5. The van der Waals surface area contributed by atoms with E-state index in [1.807, 2.05) is 24.3 Å². The van der Waals surface area contributed by atoms with Crippen LogP contribution in [0.1, 0.15) is 49.7 Å². The predicted octanol–water partition coefficient (Wildman–Crippen LogP) is 3.94. The molecule has 0 spiro atoms. The van der Waals surface area contributed by atoms with Gasteiger partial charge in [0.15, 0.2) is 0 Å². The third kappa shape index (κ3) is 7.82. The van der Waals surface area contributed by atoms with Gasteiger partial charge < -0.3 is 25.2 Å². The molecule has 2 aromatic carbocycles. The first-order valence-electron chi connectivity index (χ1n) is 12.1. The number of rotatable bonds is 14. The number of carbonyl (C=O) groups excluding carboxylic acids is 2. The molecule has 1 aliphatic carbocycles. The van der Waals surface area contributed by atoms with Crippen LogP contribution in [-0.2, 0) is 19.1 Å². The van der Waals surface area contributed by atoms with Crippen LogP contribution >= 0.6 is 0 Å². The monoisotopic (exact) mass is 482 g/mol. The predicted molar refractivity (Wildman–Crippen MR) is 132 cm³/mol. The van der Waals surface area contributed by atoms with Gasteiger partial charge in [-0.05, 0) is 41.0 Å². The van der Waals surface area contributed by atoms with Gasteiger partial charge in [0.05, 0.1) is 6.61 Å². The van der Waals surface area contributed by atoms with Crippen molar-refractivity contribution >= 4 is 18.0 Å². The van der Waals surface area contributed by atoms with Crippen LogP contribution in [0.15, 0.2) is 48.5 Å². The first kappa shape index (κ1) is 26.2. The van der Waals surface area contributed by atoms with E-state index in [0.717, 1.165) is 12.8 Å². The molecule has 2 amide bonds. The van der Waals surface area contributed by atoms with Crippen LogP contribution in [0, 0.1) is 5.92 Å². The van der Waals surface area contributed by atoms with Gasteiger partial charge in [-0.25, -0.2) is 9.59 Å². The zero-order chi connectivity index (χ0) is 25.0. The molecule has 0 saturated carbocycles. The molecule has 3 N–H and O–H groups in total. The summed E-state index contributed by atoms with van der Waals surface area (Å²) in [5.74, 6) is -0.789. The van der Waals surface area contributed by atoms with Crippen LogP contribution in [-0.4, -0.2) is 56.0 Å². The van der Waals surface area contributed by atoms with Gasteiger partial charge in [0, 0.05) is 25.4 Å². The molecule has 0 aromatic heterocycles. The van der Waals surface area contributed by atoms with Crippen LogP contribution in [0.25, 0.3) is 11.1 Å². The van der Waals surface area contributed by atoms with Crippen molar-refractivity contribution in [3.8, 4) is 11.1 Å². The zero-order valence-electron chi connectivity index (χ0n) is 20.1. The lowest BCUT2D eigenvalue weighted by atomic mass is 9.96. The van der Waals surface area contributed by atoms with E-state index >= 15 is 0 Å². The fraction of sp³-hybridized carbons (Fsp3) is 0.444. The summed E-state index contributed by atoms with van der Waals surface area (Å²) in [6.07, 6.45) is 2.32. The number of hydrogen-bond donors (Lipinski definition) is 3. The van der Waals surface area contributed by atoms with E-state index in [1.165, 1.54) is 22.3 Å². The fourth-order valence-corrected chi connectivity index (χ4v) is 4.43. The first-order chi connectivity index (χ1) is 17.0. The Morgan fingerprint density at radius 3 is 2.23 bits per heavy atom. The number of nitrogens with one attached hydrogen (secondary N) is 2. The van der Waals surface area contributed by atoms with Crippen molar-refractivity contribution in [3.05, 3.63) is 59.7 Å². The van der Waals surface area contributed by atoms with E-state index < -0.39 is 12.1 Å². The van der Waals surface area contributed by atoms with E-state index in [1.54, 1.807) is 0 Å². The summed E-state index contributed by atoms with van der Waals surface area (Å²) in [5, 5.41) is 14.1. The number of amides is 2. The molecule has 8 heteroatoms. The molecule has 35 heavy (non-hydrogen) atoms. The number of ether oxygens (including phenoxy) is 2. The lowest BCUT2D eigenvalue weighted by Gasteiger charge is -2.17. The normalized spacial score (nSPS) is 12.9. The minimum Gasteiger partial charge on any atom is -0.480 e. The highest BCUT2D eigenvalue weighted by Gasteiger charge is 2.28. The SMILES string of the molecule is CCC(CCNC(=O)OCC1c2ccccc2-c2ccccc21)CCC(=O)NCCOCC(=O)O. The summed E-state index contributed by atoms with van der Waals surface area (Å²) in [7, 11) is 0. The molecule has 1 atom stereocenters. The van der Waals surface area contributed by atoms with Gasteiger partial charge in [0.25, 0.3) is 0 Å². The van der Waals surface area contributed by atoms with Crippen LogP contribution in [0.2, 0.25) is 0 Å². The van der Waals surface area contributed by atoms with Crippen LogP contribution in [0.3, 0.4) is 0 Å². The Hall–Kier alpha value is -3.39. The molecular weight excluding hydrogens is 448 g/mol. The molecule has 0 bridgehead atoms. The molecule has 3 rings (SSSR count). The molecule has 0 radical (unpaired) electrons. The Morgan fingerprint density at radius 1 is 0.943 bits per heavy atom. The number of benzene rings is 2. The molecule has 0 fully saturated rings. The maximum absolute atomic E-state index is 12.3. The second-order valence-corrected chi connectivity index (χ2v) is 8.65. The van der Waals surface area contributed by atoms with Crippen LogP contribution in [0.5, 0.6) is 0 Å². The lowest BCUT2D eigenvalue weighted by molar-refractivity contribution is -0.142. The number of carbonyl (C=O) groups is 3. The van der Waals surface area contributed by atoms with Crippen LogP contribution in [0.4, 0.5) is 4.79 Å². The molecule has 1 aliphatic rings. The lowest BCUT2D eigenvalue weighted by Crippen LogP contribution is -2.29. The fourth-order valence-electron chi connectivity index (χ4n) is 4.43. The highest BCUT2D eigenvalue weighted by molar-refractivity contribution is 5.79. The summed E-state index contributed by atoms with van der Waals surface area (Å²) in [4.78, 5) is 34.7. The summed E-state index contributed by atoms with van der Waals surface area (Å²) in [5.41, 5.74) is 4.75. The number of fused-ring (bicyclic) bond motifs is 3. The van der Waals surface area contributed by atoms with E-state index in [0.29, 0.717) is 25.3 Å². The van der Waals surface area contributed by atoms with E-state index in [9.17, 15) is 14.4 Å². The Labute approximate surface area is 206 Å². The van der Waals surface area contributed by atoms with Crippen molar-refractivity contribution in [2.45, 2.75) is 38.5 Å².